The number of benzene rings is 4. The number of rotatable bonds is 6. The van der Waals surface area contributed by atoms with Gasteiger partial charge < -0.3 is 4.74 Å². The minimum Gasteiger partial charge on any atom is -0.492 e. The number of thiazole rings is 1. The molecule has 5 aromatic rings. The number of nitrogens with zero attached hydrogens (tertiary/aromatic N) is 2. The molecular weight excluding hydrogens is 416 g/mol. The number of hydrogen-bond donors (Lipinski definition) is 0. The van der Waals surface area contributed by atoms with E-state index in [1.165, 1.54) is 11.3 Å². The zero-order chi connectivity index (χ0) is 21.9. The van der Waals surface area contributed by atoms with E-state index >= 15 is 0 Å². The second kappa shape index (κ2) is 8.81. The fourth-order valence-corrected chi connectivity index (χ4v) is 4.83. The van der Waals surface area contributed by atoms with Crippen LogP contribution < -0.4 is 9.64 Å². The Morgan fingerprint density at radius 1 is 0.906 bits per heavy atom. The van der Waals surface area contributed by atoms with Crippen LogP contribution in [-0.4, -0.2) is 17.5 Å². The Hall–Kier alpha value is -3.70. The number of fused-ring (bicyclic) bond motifs is 2. The molecule has 5 heteroatoms. The van der Waals surface area contributed by atoms with Crippen LogP contribution in [0.2, 0.25) is 0 Å². The third kappa shape index (κ3) is 3.83. The van der Waals surface area contributed by atoms with Gasteiger partial charge >= 0.3 is 0 Å². The molecule has 1 heterocycles. The number of anilines is 1. The van der Waals surface area contributed by atoms with Gasteiger partial charge in [-0.15, -0.1) is 0 Å². The van der Waals surface area contributed by atoms with Crippen LogP contribution in [0.15, 0.2) is 91.0 Å². The van der Waals surface area contributed by atoms with Crippen LogP contribution in [-0.2, 0) is 6.54 Å². The average molecular weight is 439 g/mol. The largest absolute Gasteiger partial charge is 0.492 e. The third-order valence-electron chi connectivity index (χ3n) is 5.35. The van der Waals surface area contributed by atoms with Crippen LogP contribution in [0.25, 0.3) is 21.0 Å². The van der Waals surface area contributed by atoms with Crippen molar-refractivity contribution >= 4 is 43.4 Å². The van der Waals surface area contributed by atoms with Crippen LogP contribution in [0.3, 0.4) is 0 Å². The van der Waals surface area contributed by atoms with Gasteiger partial charge in [0.15, 0.2) is 5.13 Å². The Morgan fingerprint density at radius 3 is 2.50 bits per heavy atom. The van der Waals surface area contributed by atoms with E-state index in [0.29, 0.717) is 23.8 Å². The van der Waals surface area contributed by atoms with Crippen molar-refractivity contribution in [2.24, 2.45) is 0 Å². The summed E-state index contributed by atoms with van der Waals surface area (Å²) in [6, 6.07) is 29.7. The van der Waals surface area contributed by atoms with Gasteiger partial charge in [0.2, 0.25) is 0 Å². The average Bonchev–Trinajstić information content (AvgIpc) is 3.28. The number of amides is 1. The quantitative estimate of drug-likeness (QED) is 0.296. The van der Waals surface area contributed by atoms with Gasteiger partial charge in [-0.1, -0.05) is 84.1 Å². The molecule has 0 aliphatic carbocycles. The highest BCUT2D eigenvalue weighted by molar-refractivity contribution is 7.22. The molecule has 0 radical (unpaired) electrons. The minimum atomic E-state index is -0.0670. The SMILES string of the molecule is CCOc1cccc2sc(N(Cc3ccccc3)C(=O)c3cccc4ccccc34)nc12. The summed E-state index contributed by atoms with van der Waals surface area (Å²) in [7, 11) is 0. The summed E-state index contributed by atoms with van der Waals surface area (Å²) in [6.07, 6.45) is 0. The molecule has 0 atom stereocenters. The summed E-state index contributed by atoms with van der Waals surface area (Å²) < 4.78 is 6.77. The molecule has 1 amide bonds. The topological polar surface area (TPSA) is 42.4 Å². The van der Waals surface area contributed by atoms with E-state index in [2.05, 4.69) is 0 Å². The normalized spacial score (nSPS) is 11.0. The van der Waals surface area contributed by atoms with Crippen molar-refractivity contribution in [3.63, 3.8) is 0 Å². The van der Waals surface area contributed by atoms with Gasteiger partial charge in [0.1, 0.15) is 11.3 Å². The Bertz CT molecular complexity index is 1390. The van der Waals surface area contributed by atoms with Gasteiger partial charge in [-0.25, -0.2) is 4.98 Å². The van der Waals surface area contributed by atoms with E-state index in [-0.39, 0.29) is 5.91 Å². The fraction of sp³-hybridized carbons (Fsp3) is 0.111. The first kappa shape index (κ1) is 20.2. The molecule has 0 aliphatic rings. The zero-order valence-electron chi connectivity index (χ0n) is 17.7. The second-order valence-electron chi connectivity index (χ2n) is 7.44. The van der Waals surface area contributed by atoms with Crippen LogP contribution in [0.5, 0.6) is 5.75 Å². The van der Waals surface area contributed by atoms with Crippen LogP contribution in [0.1, 0.15) is 22.8 Å². The lowest BCUT2D eigenvalue weighted by atomic mass is 10.0. The van der Waals surface area contributed by atoms with Gasteiger partial charge in [-0.3, -0.25) is 9.69 Å². The molecule has 1 aromatic heterocycles. The summed E-state index contributed by atoms with van der Waals surface area (Å²) in [4.78, 5) is 20.5. The van der Waals surface area contributed by atoms with Gasteiger partial charge in [0.25, 0.3) is 5.91 Å². The maximum atomic E-state index is 13.9. The summed E-state index contributed by atoms with van der Waals surface area (Å²) >= 11 is 1.51. The first-order chi connectivity index (χ1) is 15.7. The van der Waals surface area contributed by atoms with Gasteiger partial charge in [0.05, 0.1) is 17.9 Å². The van der Waals surface area contributed by atoms with E-state index in [0.717, 1.165) is 32.3 Å². The highest BCUT2D eigenvalue weighted by atomic mass is 32.1. The summed E-state index contributed by atoms with van der Waals surface area (Å²) in [6.45, 7) is 2.96. The predicted molar refractivity (Wildman–Crippen MR) is 132 cm³/mol. The third-order valence-corrected chi connectivity index (χ3v) is 6.39. The van der Waals surface area contributed by atoms with Crippen LogP contribution in [0, 0.1) is 0 Å². The van der Waals surface area contributed by atoms with Gasteiger partial charge in [-0.05, 0) is 41.5 Å². The maximum Gasteiger partial charge on any atom is 0.261 e. The van der Waals surface area contributed by atoms with E-state index in [4.69, 9.17) is 9.72 Å². The fourth-order valence-electron chi connectivity index (χ4n) is 3.85. The maximum absolute atomic E-state index is 13.9. The molecule has 0 spiro atoms. The first-order valence-corrected chi connectivity index (χ1v) is 11.4. The summed E-state index contributed by atoms with van der Waals surface area (Å²) in [5.41, 5.74) is 2.51. The monoisotopic (exact) mass is 438 g/mol. The van der Waals surface area contributed by atoms with Crippen molar-refractivity contribution in [2.45, 2.75) is 13.5 Å². The Labute approximate surface area is 190 Å². The molecule has 0 saturated carbocycles. The van der Waals surface area contributed by atoms with E-state index in [9.17, 15) is 4.79 Å². The molecule has 0 fully saturated rings. The van der Waals surface area contributed by atoms with Crippen LogP contribution >= 0.6 is 11.3 Å². The highest BCUT2D eigenvalue weighted by Crippen LogP contribution is 2.36. The lowest BCUT2D eigenvalue weighted by Crippen LogP contribution is -2.30. The number of ether oxygens (including phenoxy) is 1. The van der Waals surface area contributed by atoms with Crippen molar-refractivity contribution in [2.75, 3.05) is 11.5 Å². The van der Waals surface area contributed by atoms with Crippen molar-refractivity contribution in [3.05, 3.63) is 102 Å². The first-order valence-electron chi connectivity index (χ1n) is 10.6. The molecule has 0 aliphatic heterocycles. The molecule has 0 N–H and O–H groups in total. The molecule has 5 rings (SSSR count). The standard InChI is InChI=1S/C27H22N2O2S/c1-2-31-23-16-9-17-24-25(23)28-27(32-24)29(18-19-10-4-3-5-11-19)26(30)22-15-8-13-20-12-6-7-14-21(20)22/h3-17H,2,18H2,1H3. The van der Waals surface area contributed by atoms with Gasteiger partial charge in [-0.2, -0.15) is 0 Å². The lowest BCUT2D eigenvalue weighted by molar-refractivity contribution is 0.0986. The smallest absolute Gasteiger partial charge is 0.261 e. The Kier molecular flexibility index (Phi) is 5.57. The molecule has 0 saturated heterocycles. The van der Waals surface area contributed by atoms with E-state index < -0.39 is 0 Å². The highest BCUT2D eigenvalue weighted by Gasteiger charge is 2.24. The molecule has 0 bridgehead atoms. The van der Waals surface area contributed by atoms with Crippen molar-refractivity contribution in [1.82, 2.24) is 4.98 Å². The molecule has 0 unspecified atom stereocenters. The van der Waals surface area contributed by atoms with E-state index in [1.807, 2.05) is 97.9 Å². The van der Waals surface area contributed by atoms with Gasteiger partial charge in [0, 0.05) is 5.56 Å². The van der Waals surface area contributed by atoms with Crippen molar-refractivity contribution < 1.29 is 9.53 Å². The predicted octanol–water partition coefficient (Wildman–Crippen LogP) is 6.70. The number of hydrogen-bond acceptors (Lipinski definition) is 4. The van der Waals surface area contributed by atoms with E-state index in [1.54, 1.807) is 4.90 Å². The minimum absolute atomic E-state index is 0.0670. The Morgan fingerprint density at radius 2 is 1.66 bits per heavy atom. The Balaban J connectivity index is 1.63. The summed E-state index contributed by atoms with van der Waals surface area (Å²) in [5, 5.41) is 2.64. The van der Waals surface area contributed by atoms with Crippen molar-refractivity contribution in [3.8, 4) is 5.75 Å². The second-order valence-corrected chi connectivity index (χ2v) is 8.45. The number of aromatic nitrogens is 1. The lowest BCUT2D eigenvalue weighted by Gasteiger charge is -2.21. The molecule has 32 heavy (non-hydrogen) atoms. The summed E-state index contributed by atoms with van der Waals surface area (Å²) in [5.74, 6) is 0.674. The van der Waals surface area contributed by atoms with Crippen LogP contribution in [0.4, 0.5) is 5.13 Å². The van der Waals surface area contributed by atoms with Crippen molar-refractivity contribution in [1.29, 1.82) is 0 Å². The molecule has 4 nitrogen and oxygen atoms in total. The number of carbonyl (C=O) groups excluding carboxylic acids is 1. The zero-order valence-corrected chi connectivity index (χ0v) is 18.5. The molecular formula is C27H22N2O2S. The molecule has 4 aromatic carbocycles. The number of para-hydroxylation sites is 1. The molecule has 158 valence electrons. The number of carbonyl (C=O) groups is 1.